The lowest BCUT2D eigenvalue weighted by Gasteiger charge is -2.13. The first-order valence-electron chi connectivity index (χ1n) is 7.84. The van der Waals surface area contributed by atoms with Crippen molar-refractivity contribution in [2.24, 2.45) is 5.92 Å². The van der Waals surface area contributed by atoms with Crippen LogP contribution < -0.4 is 16.4 Å². The molecule has 1 fully saturated rings. The number of hydrogen-bond acceptors (Lipinski definition) is 4. The Balaban J connectivity index is 1.83. The van der Waals surface area contributed by atoms with Crippen LogP contribution in [-0.2, 0) is 11.3 Å². The summed E-state index contributed by atoms with van der Waals surface area (Å²) in [5.74, 6) is 0.648. The van der Waals surface area contributed by atoms with E-state index in [1.165, 1.54) is 4.57 Å². The van der Waals surface area contributed by atoms with Crippen molar-refractivity contribution in [1.82, 2.24) is 15.0 Å². The molecule has 2 N–H and O–H groups in total. The molecule has 1 saturated carbocycles. The molecule has 0 spiro atoms. The molecule has 6 heteroatoms. The van der Waals surface area contributed by atoms with Crippen LogP contribution in [0.5, 0.6) is 0 Å². The smallest absolute Gasteiger partial charge is 0.262 e. The molecule has 0 saturated heterocycles. The van der Waals surface area contributed by atoms with Crippen LogP contribution in [-0.4, -0.2) is 15.5 Å². The molecule has 0 radical (unpaired) electrons. The zero-order valence-corrected chi connectivity index (χ0v) is 13.3. The Labute approximate surface area is 134 Å². The molecule has 1 aliphatic carbocycles. The minimum absolute atomic E-state index is 0.125. The lowest BCUT2D eigenvalue weighted by molar-refractivity contribution is -0.116. The van der Waals surface area contributed by atoms with E-state index in [1.807, 2.05) is 26.0 Å². The van der Waals surface area contributed by atoms with Gasteiger partial charge >= 0.3 is 0 Å². The third kappa shape index (κ3) is 3.26. The molecule has 23 heavy (non-hydrogen) atoms. The number of anilines is 1. The molecule has 0 unspecified atom stereocenters. The van der Waals surface area contributed by atoms with Gasteiger partial charge in [0.15, 0.2) is 0 Å². The first-order chi connectivity index (χ1) is 11.1. The largest absolute Gasteiger partial charge is 0.277 e. The molecule has 1 aromatic carbocycles. The summed E-state index contributed by atoms with van der Waals surface area (Å²) in [4.78, 5) is 28.8. The van der Waals surface area contributed by atoms with Crippen LogP contribution in [0.25, 0.3) is 10.9 Å². The zero-order valence-electron chi connectivity index (χ0n) is 13.3. The zero-order chi connectivity index (χ0) is 16.4. The van der Waals surface area contributed by atoms with Gasteiger partial charge in [-0.15, -0.1) is 0 Å². The van der Waals surface area contributed by atoms with E-state index >= 15 is 0 Å². The van der Waals surface area contributed by atoms with E-state index in [0.717, 1.165) is 18.4 Å². The predicted molar refractivity (Wildman–Crippen MR) is 89.9 cm³/mol. The Hall–Kier alpha value is -2.63. The highest BCUT2D eigenvalue weighted by Gasteiger charge is 2.23. The molecule has 1 aromatic heterocycles. The van der Waals surface area contributed by atoms with Gasteiger partial charge < -0.3 is 0 Å². The predicted octanol–water partition coefficient (Wildman–Crippen LogP) is 2.22. The van der Waals surface area contributed by atoms with Crippen LogP contribution in [0.2, 0.25) is 0 Å². The number of allylic oxidation sites excluding steroid dienone is 1. The summed E-state index contributed by atoms with van der Waals surface area (Å²) in [5, 5.41) is 0.565. The summed E-state index contributed by atoms with van der Waals surface area (Å²) in [6.45, 7) is 4.29. The van der Waals surface area contributed by atoms with Crippen LogP contribution in [0, 0.1) is 5.92 Å². The van der Waals surface area contributed by atoms with Crippen LogP contribution in [0.4, 0.5) is 5.95 Å². The van der Waals surface area contributed by atoms with Crippen LogP contribution in [0.1, 0.15) is 26.7 Å². The highest BCUT2D eigenvalue weighted by atomic mass is 16.2. The van der Waals surface area contributed by atoms with Gasteiger partial charge in [0.05, 0.1) is 10.9 Å². The third-order valence-electron chi connectivity index (χ3n) is 4.06. The number of carbonyl (C=O) groups excluding carboxylic acids is 1. The van der Waals surface area contributed by atoms with E-state index in [0.29, 0.717) is 29.3 Å². The van der Waals surface area contributed by atoms with Gasteiger partial charge in [-0.25, -0.2) is 4.98 Å². The second-order valence-electron chi connectivity index (χ2n) is 5.78. The summed E-state index contributed by atoms with van der Waals surface area (Å²) < 4.78 is 1.50. The normalized spacial score (nSPS) is 14.8. The molecule has 0 atom stereocenters. The first kappa shape index (κ1) is 15.3. The number of para-hydroxylation sites is 1. The van der Waals surface area contributed by atoms with Crippen molar-refractivity contribution in [3.8, 4) is 0 Å². The van der Waals surface area contributed by atoms with Gasteiger partial charge in [0.2, 0.25) is 5.95 Å². The number of aromatic nitrogens is 2. The molecular formula is C17H20N4O2. The van der Waals surface area contributed by atoms with Crippen molar-refractivity contribution in [1.29, 1.82) is 0 Å². The van der Waals surface area contributed by atoms with Crippen molar-refractivity contribution >= 4 is 22.8 Å². The highest BCUT2D eigenvalue weighted by Crippen LogP contribution is 2.35. The number of nitrogens with one attached hydrogen (secondary N) is 2. The highest BCUT2D eigenvalue weighted by molar-refractivity contribution is 5.89. The molecule has 6 nitrogen and oxygen atoms in total. The fraction of sp³-hybridized carbons (Fsp3) is 0.353. The molecule has 0 aliphatic heterocycles. The summed E-state index contributed by atoms with van der Waals surface area (Å²) in [7, 11) is 0. The molecule has 3 rings (SSSR count). The fourth-order valence-corrected chi connectivity index (χ4v) is 2.57. The minimum Gasteiger partial charge on any atom is -0.277 e. The molecule has 2 aromatic rings. The average molecular weight is 312 g/mol. The Morgan fingerprint density at radius 2 is 2.13 bits per heavy atom. The topological polar surface area (TPSA) is 76.0 Å². The summed E-state index contributed by atoms with van der Waals surface area (Å²) in [6, 6.07) is 7.17. The maximum Gasteiger partial charge on any atom is 0.262 e. The van der Waals surface area contributed by atoms with E-state index in [9.17, 15) is 9.59 Å². The maximum absolute atomic E-state index is 12.5. The van der Waals surface area contributed by atoms with E-state index in [-0.39, 0.29) is 11.5 Å². The van der Waals surface area contributed by atoms with E-state index in [1.54, 1.807) is 18.2 Å². The first-order valence-corrected chi connectivity index (χ1v) is 7.84. The van der Waals surface area contributed by atoms with E-state index < -0.39 is 0 Å². The Morgan fingerprint density at radius 1 is 1.39 bits per heavy atom. The number of amides is 1. The lowest BCUT2D eigenvalue weighted by Crippen LogP contribution is -2.33. The number of hydrogen-bond donors (Lipinski definition) is 2. The Bertz CT molecular complexity index is 834. The SMILES string of the molecule is CCn1c(NNC(=O)C=C(C)C2CC2)nc2ccccc2c1=O. The van der Waals surface area contributed by atoms with Gasteiger partial charge in [-0.1, -0.05) is 17.7 Å². The van der Waals surface area contributed by atoms with Crippen molar-refractivity contribution in [3.63, 3.8) is 0 Å². The Morgan fingerprint density at radius 3 is 2.83 bits per heavy atom. The van der Waals surface area contributed by atoms with E-state index in [4.69, 9.17) is 0 Å². The number of nitrogens with zero attached hydrogens (tertiary/aromatic N) is 2. The second-order valence-corrected chi connectivity index (χ2v) is 5.78. The number of rotatable bonds is 5. The van der Waals surface area contributed by atoms with Crippen LogP contribution in [0.3, 0.4) is 0 Å². The molecule has 0 bridgehead atoms. The molecule has 1 amide bonds. The fourth-order valence-electron chi connectivity index (χ4n) is 2.57. The van der Waals surface area contributed by atoms with Crippen molar-refractivity contribution in [3.05, 3.63) is 46.3 Å². The molecule has 1 heterocycles. The van der Waals surface area contributed by atoms with E-state index in [2.05, 4.69) is 15.8 Å². The monoisotopic (exact) mass is 312 g/mol. The second kappa shape index (κ2) is 6.24. The van der Waals surface area contributed by atoms with Gasteiger partial charge in [0, 0.05) is 12.6 Å². The quantitative estimate of drug-likeness (QED) is 0.655. The van der Waals surface area contributed by atoms with Gasteiger partial charge in [-0.05, 0) is 44.7 Å². The summed E-state index contributed by atoms with van der Waals surface area (Å²) >= 11 is 0. The summed E-state index contributed by atoms with van der Waals surface area (Å²) in [5.41, 5.74) is 6.92. The van der Waals surface area contributed by atoms with Crippen LogP contribution >= 0.6 is 0 Å². The van der Waals surface area contributed by atoms with Crippen LogP contribution in [0.15, 0.2) is 40.7 Å². The van der Waals surface area contributed by atoms with Gasteiger partial charge in [-0.2, -0.15) is 0 Å². The average Bonchev–Trinajstić information content (AvgIpc) is 3.38. The number of fused-ring (bicyclic) bond motifs is 1. The molecule has 1 aliphatic rings. The minimum atomic E-state index is -0.237. The Kier molecular flexibility index (Phi) is 4.14. The number of benzene rings is 1. The molecular weight excluding hydrogens is 292 g/mol. The van der Waals surface area contributed by atoms with Crippen molar-refractivity contribution < 1.29 is 4.79 Å². The van der Waals surface area contributed by atoms with Crippen molar-refractivity contribution in [2.45, 2.75) is 33.2 Å². The van der Waals surface area contributed by atoms with Gasteiger partial charge in [0.1, 0.15) is 0 Å². The number of hydrazine groups is 1. The lowest BCUT2D eigenvalue weighted by atomic mass is 10.2. The third-order valence-corrected chi connectivity index (χ3v) is 4.06. The standard InChI is InChI=1S/C17H20N4O2/c1-3-21-16(23)13-6-4-5-7-14(13)18-17(21)20-19-15(22)10-11(2)12-8-9-12/h4-7,10,12H,3,8-9H2,1-2H3,(H,18,20)(H,19,22). The maximum atomic E-state index is 12.5. The number of carbonyl (C=O) groups is 1. The molecule has 120 valence electrons. The van der Waals surface area contributed by atoms with Gasteiger partial charge in [-0.3, -0.25) is 25.0 Å². The van der Waals surface area contributed by atoms with Crippen molar-refractivity contribution in [2.75, 3.05) is 5.43 Å². The summed E-state index contributed by atoms with van der Waals surface area (Å²) in [6.07, 6.45) is 3.91. The van der Waals surface area contributed by atoms with Gasteiger partial charge in [0.25, 0.3) is 11.5 Å².